The average molecular weight is 536 g/mol. The van der Waals surface area contributed by atoms with E-state index in [4.69, 9.17) is 14.2 Å². The van der Waals surface area contributed by atoms with Crippen molar-refractivity contribution in [3.05, 3.63) is 41.6 Å². The van der Waals surface area contributed by atoms with Gasteiger partial charge in [-0.25, -0.2) is 9.78 Å². The van der Waals surface area contributed by atoms with E-state index in [9.17, 15) is 4.79 Å². The fraction of sp³-hybridized carbons (Fsp3) is 0.600. The first-order valence-electron chi connectivity index (χ1n) is 14.3. The van der Waals surface area contributed by atoms with Crippen LogP contribution >= 0.6 is 0 Å². The Labute approximate surface area is 231 Å². The second-order valence-corrected chi connectivity index (χ2v) is 12.3. The number of aromatic nitrogens is 1. The Morgan fingerprint density at radius 1 is 1.13 bits per heavy atom. The lowest BCUT2D eigenvalue weighted by atomic mass is 9.84. The van der Waals surface area contributed by atoms with Crippen molar-refractivity contribution in [1.29, 1.82) is 0 Å². The summed E-state index contributed by atoms with van der Waals surface area (Å²) in [7, 11) is 0. The molecule has 6 rings (SSSR count). The van der Waals surface area contributed by atoms with E-state index in [0.29, 0.717) is 24.6 Å². The van der Waals surface area contributed by atoms with Gasteiger partial charge in [-0.1, -0.05) is 6.07 Å². The highest BCUT2D eigenvalue weighted by atomic mass is 16.6. The molecule has 3 saturated heterocycles. The topological polar surface area (TPSA) is 79.4 Å². The third-order valence-electron chi connectivity index (χ3n) is 8.39. The molecule has 0 aliphatic carbocycles. The van der Waals surface area contributed by atoms with E-state index < -0.39 is 5.60 Å². The molecule has 1 aromatic carbocycles. The predicted molar refractivity (Wildman–Crippen MR) is 151 cm³/mol. The Morgan fingerprint density at radius 3 is 2.67 bits per heavy atom. The highest BCUT2D eigenvalue weighted by Crippen LogP contribution is 2.41. The maximum absolute atomic E-state index is 12.4. The summed E-state index contributed by atoms with van der Waals surface area (Å²) < 4.78 is 17.4. The predicted octanol–water partition coefficient (Wildman–Crippen LogP) is 4.74. The Kier molecular flexibility index (Phi) is 7.05. The fourth-order valence-corrected chi connectivity index (χ4v) is 6.31. The molecule has 4 aliphatic rings. The number of amides is 1. The van der Waals surface area contributed by atoms with Gasteiger partial charge in [-0.2, -0.15) is 0 Å². The molecule has 0 unspecified atom stereocenters. The number of nitrogens with zero attached hydrogens (tertiary/aromatic N) is 4. The summed E-state index contributed by atoms with van der Waals surface area (Å²) in [5, 5.41) is 3.60. The molecule has 39 heavy (non-hydrogen) atoms. The molecule has 0 saturated carbocycles. The van der Waals surface area contributed by atoms with Gasteiger partial charge in [0.2, 0.25) is 0 Å². The molecule has 1 aromatic heterocycles. The number of ether oxygens (including phenoxy) is 3. The van der Waals surface area contributed by atoms with Crippen LogP contribution in [0.1, 0.15) is 57.6 Å². The molecule has 210 valence electrons. The van der Waals surface area contributed by atoms with Gasteiger partial charge in [0.1, 0.15) is 23.8 Å². The first-order valence-corrected chi connectivity index (χ1v) is 14.3. The number of carbonyl (C=O) groups excluding carboxylic acids is 1. The minimum absolute atomic E-state index is 0.200. The summed E-state index contributed by atoms with van der Waals surface area (Å²) >= 11 is 0. The summed E-state index contributed by atoms with van der Waals surface area (Å²) in [5.74, 6) is 2.23. The number of carbonyl (C=O) groups is 1. The van der Waals surface area contributed by atoms with Gasteiger partial charge in [0, 0.05) is 50.1 Å². The van der Waals surface area contributed by atoms with Crippen LogP contribution in [0.2, 0.25) is 0 Å². The van der Waals surface area contributed by atoms with E-state index in [-0.39, 0.29) is 6.09 Å². The molecule has 9 heteroatoms. The number of pyridine rings is 1. The first-order chi connectivity index (χ1) is 18.7. The number of nitrogens with one attached hydrogen (secondary N) is 1. The summed E-state index contributed by atoms with van der Waals surface area (Å²) in [6, 6.07) is 9.55. The zero-order chi connectivity index (χ0) is 27.1. The fourth-order valence-electron chi connectivity index (χ4n) is 6.31. The van der Waals surface area contributed by atoms with Gasteiger partial charge in [-0.15, -0.1) is 0 Å². The van der Waals surface area contributed by atoms with Gasteiger partial charge in [0.25, 0.3) is 0 Å². The highest BCUT2D eigenvalue weighted by Gasteiger charge is 2.40. The zero-order valence-corrected chi connectivity index (χ0v) is 23.6. The van der Waals surface area contributed by atoms with Crippen LogP contribution in [0, 0.1) is 0 Å². The van der Waals surface area contributed by atoms with Gasteiger partial charge < -0.3 is 29.3 Å². The second kappa shape index (κ2) is 10.5. The maximum Gasteiger partial charge on any atom is 0.410 e. The summed E-state index contributed by atoms with van der Waals surface area (Å²) in [6.45, 7) is 14.3. The van der Waals surface area contributed by atoms with Crippen molar-refractivity contribution in [2.75, 3.05) is 56.2 Å². The lowest BCUT2D eigenvalue weighted by Gasteiger charge is -2.50. The molecule has 5 heterocycles. The van der Waals surface area contributed by atoms with Gasteiger partial charge >= 0.3 is 6.09 Å². The molecular formula is C30H41N5O4. The lowest BCUT2D eigenvalue weighted by Crippen LogP contribution is -2.64. The monoisotopic (exact) mass is 535 g/mol. The standard InChI is InChI=1S/C30H41N5O4/c1-20-15-22(8-10-35(20)23-17-34(18-23)29(36)39-30(2,3)4)21-5-6-27-25(16-21)32-28-24(19-38-27)26(7-9-31-28)33-11-13-37-14-12-33/h5-7,9,16,20,22-23H,8,10-15,17-19H2,1-4H3,(H,31,32)/t20-,22+/m0/s1. The molecule has 4 aliphatic heterocycles. The van der Waals surface area contributed by atoms with Crippen LogP contribution in [-0.2, 0) is 16.1 Å². The second-order valence-electron chi connectivity index (χ2n) is 12.3. The van der Waals surface area contributed by atoms with Crippen molar-refractivity contribution < 1.29 is 19.0 Å². The summed E-state index contributed by atoms with van der Waals surface area (Å²) in [6.07, 6.45) is 3.88. The van der Waals surface area contributed by atoms with E-state index in [2.05, 4.69) is 51.3 Å². The molecule has 9 nitrogen and oxygen atoms in total. The number of rotatable bonds is 3. The van der Waals surface area contributed by atoms with Crippen LogP contribution in [0.15, 0.2) is 30.5 Å². The van der Waals surface area contributed by atoms with Crippen molar-refractivity contribution in [2.24, 2.45) is 0 Å². The normalized spacial score (nSPS) is 24.0. The molecule has 1 N–H and O–H groups in total. The number of benzene rings is 1. The van der Waals surface area contributed by atoms with Crippen molar-refractivity contribution >= 4 is 23.3 Å². The van der Waals surface area contributed by atoms with Crippen LogP contribution in [0.3, 0.4) is 0 Å². The molecule has 1 amide bonds. The van der Waals surface area contributed by atoms with Gasteiger partial charge in [-0.05, 0) is 76.8 Å². The lowest BCUT2D eigenvalue weighted by molar-refractivity contribution is -0.0310. The SMILES string of the molecule is C[C@H]1C[C@H](c2ccc3c(c2)Nc2nccc(N4CCOCC4)c2CO3)CCN1C1CN(C(=O)OC(C)(C)C)C1. The van der Waals surface area contributed by atoms with E-state index >= 15 is 0 Å². The van der Waals surface area contributed by atoms with Crippen LogP contribution in [0.25, 0.3) is 0 Å². The highest BCUT2D eigenvalue weighted by molar-refractivity contribution is 5.73. The number of likely N-dealkylation sites (tertiary alicyclic amines) is 2. The Bertz CT molecular complexity index is 1200. The molecular weight excluding hydrogens is 494 g/mol. The molecule has 3 fully saturated rings. The molecule has 2 aromatic rings. The van der Waals surface area contributed by atoms with Crippen LogP contribution in [0.4, 0.5) is 22.0 Å². The van der Waals surface area contributed by atoms with Gasteiger partial charge in [0.15, 0.2) is 0 Å². The van der Waals surface area contributed by atoms with Crippen LogP contribution < -0.4 is 15.0 Å². The Morgan fingerprint density at radius 2 is 1.92 bits per heavy atom. The summed E-state index contributed by atoms with van der Waals surface area (Å²) in [5.41, 5.74) is 4.14. The molecule has 2 atom stereocenters. The van der Waals surface area contributed by atoms with Gasteiger partial charge in [-0.3, -0.25) is 4.90 Å². The molecule has 0 radical (unpaired) electrons. The molecule has 0 bridgehead atoms. The van der Waals surface area contributed by atoms with Crippen molar-refractivity contribution in [3.63, 3.8) is 0 Å². The minimum atomic E-state index is -0.454. The van der Waals surface area contributed by atoms with E-state index in [1.165, 1.54) is 11.3 Å². The Balaban J connectivity index is 1.10. The number of hydrogen-bond donors (Lipinski definition) is 1. The van der Waals surface area contributed by atoms with Gasteiger partial charge in [0.05, 0.1) is 24.5 Å². The van der Waals surface area contributed by atoms with Crippen molar-refractivity contribution in [2.45, 2.75) is 70.7 Å². The summed E-state index contributed by atoms with van der Waals surface area (Å²) in [4.78, 5) is 23.8. The number of hydrogen-bond acceptors (Lipinski definition) is 8. The third kappa shape index (κ3) is 5.52. The first kappa shape index (κ1) is 26.2. The number of piperidine rings is 1. The number of anilines is 3. The van der Waals surface area contributed by atoms with Crippen molar-refractivity contribution in [3.8, 4) is 5.75 Å². The average Bonchev–Trinajstić information content (AvgIpc) is 3.07. The zero-order valence-electron chi connectivity index (χ0n) is 23.6. The Hall–Kier alpha value is -3.04. The smallest absolute Gasteiger partial charge is 0.410 e. The van der Waals surface area contributed by atoms with E-state index in [0.717, 1.165) is 81.6 Å². The van der Waals surface area contributed by atoms with E-state index in [1.54, 1.807) is 0 Å². The third-order valence-corrected chi connectivity index (χ3v) is 8.39. The molecule has 0 spiro atoms. The minimum Gasteiger partial charge on any atom is -0.487 e. The van der Waals surface area contributed by atoms with Crippen molar-refractivity contribution in [1.82, 2.24) is 14.8 Å². The quantitative estimate of drug-likeness (QED) is 0.604. The van der Waals surface area contributed by atoms with Crippen LogP contribution in [0.5, 0.6) is 5.75 Å². The maximum atomic E-state index is 12.4. The number of morpholine rings is 1. The largest absolute Gasteiger partial charge is 0.487 e. The van der Waals surface area contributed by atoms with Crippen LogP contribution in [-0.4, -0.2) is 84.5 Å². The number of fused-ring (bicyclic) bond motifs is 2. The van der Waals surface area contributed by atoms with E-state index in [1.807, 2.05) is 31.9 Å².